The Bertz CT molecular complexity index is 871. The molecule has 1 aromatic heterocycles. The van der Waals surface area contributed by atoms with E-state index in [1.54, 1.807) is 6.07 Å². The number of anilines is 3. The second-order valence-electron chi connectivity index (χ2n) is 6.57. The molecule has 1 aromatic carbocycles. The van der Waals surface area contributed by atoms with Crippen molar-refractivity contribution >= 4 is 35.0 Å². The molecule has 142 valence electrons. The Hall–Kier alpha value is -2.58. The SMILES string of the molecule is Cc1cc(N2CCCOC[C@H]2c2cc3c(cc2Cl)OCC(=O)N3)nc(N)n1. The summed E-state index contributed by atoms with van der Waals surface area (Å²) in [6, 6.07) is 5.29. The fourth-order valence-corrected chi connectivity index (χ4v) is 3.68. The number of hydrogen-bond donors (Lipinski definition) is 2. The van der Waals surface area contributed by atoms with Gasteiger partial charge in [0.05, 0.1) is 18.3 Å². The highest BCUT2D eigenvalue weighted by Gasteiger charge is 2.29. The Kier molecular flexibility index (Phi) is 4.75. The fourth-order valence-electron chi connectivity index (χ4n) is 3.40. The highest BCUT2D eigenvalue weighted by atomic mass is 35.5. The third-order valence-electron chi connectivity index (χ3n) is 4.58. The first-order chi connectivity index (χ1) is 13.0. The van der Waals surface area contributed by atoms with Crippen LogP contribution in [0.1, 0.15) is 23.7 Å². The van der Waals surface area contributed by atoms with E-state index in [-0.39, 0.29) is 24.5 Å². The number of carbonyl (C=O) groups excluding carboxylic acids is 1. The molecule has 3 N–H and O–H groups in total. The van der Waals surface area contributed by atoms with E-state index in [9.17, 15) is 4.79 Å². The first-order valence-electron chi connectivity index (χ1n) is 8.73. The molecule has 0 unspecified atom stereocenters. The van der Waals surface area contributed by atoms with Gasteiger partial charge in [0.15, 0.2) is 6.61 Å². The smallest absolute Gasteiger partial charge is 0.262 e. The van der Waals surface area contributed by atoms with Crippen molar-refractivity contribution < 1.29 is 14.3 Å². The van der Waals surface area contributed by atoms with E-state index in [1.807, 2.05) is 19.1 Å². The Morgan fingerprint density at radius 2 is 2.19 bits per heavy atom. The molecule has 1 fully saturated rings. The molecule has 1 amide bonds. The fraction of sp³-hybridized carbons (Fsp3) is 0.389. The number of fused-ring (bicyclic) bond motifs is 1. The summed E-state index contributed by atoms with van der Waals surface area (Å²) in [6.07, 6.45) is 0.849. The highest BCUT2D eigenvalue weighted by molar-refractivity contribution is 6.31. The largest absolute Gasteiger partial charge is 0.482 e. The van der Waals surface area contributed by atoms with Crippen molar-refractivity contribution in [3.63, 3.8) is 0 Å². The molecule has 2 aromatic rings. The lowest BCUT2D eigenvalue weighted by Gasteiger charge is -2.32. The van der Waals surface area contributed by atoms with Gasteiger partial charge in [0.1, 0.15) is 11.6 Å². The Morgan fingerprint density at radius 1 is 1.33 bits per heavy atom. The van der Waals surface area contributed by atoms with E-state index >= 15 is 0 Å². The van der Waals surface area contributed by atoms with Crippen molar-refractivity contribution in [1.82, 2.24) is 9.97 Å². The zero-order chi connectivity index (χ0) is 19.0. The summed E-state index contributed by atoms with van der Waals surface area (Å²) >= 11 is 6.57. The summed E-state index contributed by atoms with van der Waals surface area (Å²) in [4.78, 5) is 22.4. The number of aromatic nitrogens is 2. The molecule has 1 saturated heterocycles. The average molecular weight is 390 g/mol. The average Bonchev–Trinajstić information content (AvgIpc) is 2.86. The molecule has 0 bridgehead atoms. The second kappa shape index (κ2) is 7.21. The van der Waals surface area contributed by atoms with E-state index < -0.39 is 0 Å². The van der Waals surface area contributed by atoms with Gasteiger partial charge in [0.2, 0.25) is 5.95 Å². The first-order valence-corrected chi connectivity index (χ1v) is 9.10. The van der Waals surface area contributed by atoms with Gasteiger partial charge >= 0.3 is 0 Å². The van der Waals surface area contributed by atoms with E-state index in [4.69, 9.17) is 26.8 Å². The summed E-state index contributed by atoms with van der Waals surface area (Å²) in [5, 5.41) is 3.37. The van der Waals surface area contributed by atoms with Crippen LogP contribution >= 0.6 is 11.6 Å². The quantitative estimate of drug-likeness (QED) is 0.812. The van der Waals surface area contributed by atoms with Crippen molar-refractivity contribution in [3.05, 3.63) is 34.5 Å². The lowest BCUT2D eigenvalue weighted by molar-refractivity contribution is -0.118. The number of ether oxygens (including phenoxy) is 2. The number of nitrogen functional groups attached to an aromatic ring is 1. The molecule has 1 atom stereocenters. The number of nitrogens with zero attached hydrogens (tertiary/aromatic N) is 3. The van der Waals surface area contributed by atoms with E-state index in [0.717, 1.165) is 30.0 Å². The van der Waals surface area contributed by atoms with Crippen LogP contribution in [0.3, 0.4) is 0 Å². The van der Waals surface area contributed by atoms with Gasteiger partial charge in [0, 0.05) is 36.0 Å². The van der Waals surface area contributed by atoms with Crippen molar-refractivity contribution in [3.8, 4) is 5.75 Å². The molecule has 0 spiro atoms. The van der Waals surface area contributed by atoms with Crippen LogP contribution in [0.25, 0.3) is 0 Å². The van der Waals surface area contributed by atoms with Crippen molar-refractivity contribution in [2.45, 2.75) is 19.4 Å². The van der Waals surface area contributed by atoms with Gasteiger partial charge in [-0.15, -0.1) is 0 Å². The number of nitrogens with two attached hydrogens (primary N) is 1. The van der Waals surface area contributed by atoms with Crippen LogP contribution in [0, 0.1) is 6.92 Å². The van der Waals surface area contributed by atoms with Crippen LogP contribution in [-0.2, 0) is 9.53 Å². The number of rotatable bonds is 2. The van der Waals surface area contributed by atoms with Crippen molar-refractivity contribution in [1.29, 1.82) is 0 Å². The van der Waals surface area contributed by atoms with Crippen molar-refractivity contribution in [2.24, 2.45) is 0 Å². The molecule has 3 heterocycles. The third-order valence-corrected chi connectivity index (χ3v) is 4.91. The predicted octanol–water partition coefficient (Wildman–Crippen LogP) is 2.32. The summed E-state index contributed by atoms with van der Waals surface area (Å²) in [5.74, 6) is 1.33. The maximum atomic E-state index is 11.7. The molecule has 2 aliphatic heterocycles. The molecule has 0 radical (unpaired) electrons. The molecule has 4 rings (SSSR count). The summed E-state index contributed by atoms with van der Waals surface area (Å²) in [7, 11) is 0. The Balaban J connectivity index is 1.77. The lowest BCUT2D eigenvalue weighted by Crippen LogP contribution is -2.32. The lowest BCUT2D eigenvalue weighted by atomic mass is 10.0. The van der Waals surface area contributed by atoms with Gasteiger partial charge < -0.3 is 25.4 Å². The zero-order valence-corrected chi connectivity index (χ0v) is 15.6. The first kappa shape index (κ1) is 17.8. The summed E-state index contributed by atoms with van der Waals surface area (Å²) < 4.78 is 11.2. The maximum absolute atomic E-state index is 11.7. The second-order valence-corrected chi connectivity index (χ2v) is 6.98. The molecule has 27 heavy (non-hydrogen) atoms. The van der Waals surface area contributed by atoms with Crippen molar-refractivity contribution in [2.75, 3.05) is 42.3 Å². The van der Waals surface area contributed by atoms with E-state index in [1.165, 1.54) is 0 Å². The minimum Gasteiger partial charge on any atom is -0.482 e. The third kappa shape index (κ3) is 3.63. The Labute approximate surface area is 161 Å². The number of aryl methyl sites for hydroxylation is 1. The molecule has 8 nitrogen and oxygen atoms in total. The van der Waals surface area contributed by atoms with Crippen LogP contribution in [-0.4, -0.2) is 42.2 Å². The number of amides is 1. The number of nitrogens with one attached hydrogen (secondary N) is 1. The van der Waals surface area contributed by atoms with Gasteiger partial charge in [-0.05, 0) is 25.0 Å². The van der Waals surface area contributed by atoms with E-state index in [0.29, 0.717) is 29.7 Å². The maximum Gasteiger partial charge on any atom is 0.262 e. The van der Waals surface area contributed by atoms with E-state index in [2.05, 4.69) is 20.2 Å². The molecule has 2 aliphatic rings. The minimum absolute atomic E-state index is 0.0131. The number of hydrogen-bond acceptors (Lipinski definition) is 7. The molecular weight excluding hydrogens is 370 g/mol. The Morgan fingerprint density at radius 3 is 3.00 bits per heavy atom. The monoisotopic (exact) mass is 389 g/mol. The zero-order valence-electron chi connectivity index (χ0n) is 14.9. The van der Waals surface area contributed by atoms with Crippen LogP contribution in [0.15, 0.2) is 18.2 Å². The summed E-state index contributed by atoms with van der Waals surface area (Å²) in [5.41, 5.74) is 8.08. The predicted molar refractivity (Wildman–Crippen MR) is 102 cm³/mol. The van der Waals surface area contributed by atoms with Gasteiger partial charge in [-0.3, -0.25) is 4.79 Å². The summed E-state index contributed by atoms with van der Waals surface area (Å²) in [6.45, 7) is 3.69. The minimum atomic E-state index is -0.191. The molecular formula is C18H20ClN5O3. The molecule has 9 heteroatoms. The highest BCUT2D eigenvalue weighted by Crippen LogP contribution is 2.39. The molecule has 0 aliphatic carbocycles. The van der Waals surface area contributed by atoms with Gasteiger partial charge in [-0.25, -0.2) is 4.98 Å². The standard InChI is InChI=1S/C18H20ClN5O3/c1-10-5-16(23-18(20)21-10)24-3-2-4-26-8-14(24)11-6-13-15(7-12(11)19)27-9-17(25)22-13/h5-7,14H,2-4,8-9H2,1H3,(H,22,25)(H2,20,21,23)/t14-/m0/s1. The van der Waals surface area contributed by atoms with Crippen LogP contribution in [0.4, 0.5) is 17.5 Å². The number of carbonyl (C=O) groups is 1. The topological polar surface area (TPSA) is 103 Å². The normalized spacial score (nSPS) is 19.7. The van der Waals surface area contributed by atoms with Gasteiger partial charge in [0.25, 0.3) is 5.91 Å². The number of benzene rings is 1. The van der Waals surface area contributed by atoms with Gasteiger partial charge in [-0.2, -0.15) is 4.98 Å². The van der Waals surface area contributed by atoms with Crippen LogP contribution < -0.4 is 20.7 Å². The molecule has 0 saturated carbocycles. The van der Waals surface area contributed by atoms with Crippen LogP contribution in [0.2, 0.25) is 5.02 Å². The number of halogens is 1. The van der Waals surface area contributed by atoms with Crippen LogP contribution in [0.5, 0.6) is 5.75 Å². The van der Waals surface area contributed by atoms with Gasteiger partial charge in [-0.1, -0.05) is 11.6 Å².